The highest BCUT2D eigenvalue weighted by molar-refractivity contribution is 7.17. The second-order valence-electron chi connectivity index (χ2n) is 4.77. The Bertz CT molecular complexity index is 625. The number of carbonyl (C=O) groups is 1. The maximum absolute atomic E-state index is 12.9. The van der Waals surface area contributed by atoms with Gasteiger partial charge in [-0.1, -0.05) is 0 Å². The monoisotopic (exact) mass is 308 g/mol. The maximum atomic E-state index is 12.9. The van der Waals surface area contributed by atoms with Gasteiger partial charge in [-0.2, -0.15) is 0 Å². The van der Waals surface area contributed by atoms with Gasteiger partial charge in [0.2, 0.25) is 0 Å². The van der Waals surface area contributed by atoms with Crippen LogP contribution in [0, 0.1) is 12.7 Å². The van der Waals surface area contributed by atoms with E-state index in [1.165, 1.54) is 23.5 Å². The molecule has 0 radical (unpaired) electrons. The van der Waals surface area contributed by atoms with E-state index in [0.29, 0.717) is 22.2 Å². The average molecular weight is 308 g/mol. The number of methoxy groups -OCH3 is 1. The lowest BCUT2D eigenvalue weighted by Gasteiger charge is -2.11. The number of hydrogen-bond donors (Lipinski definition) is 1. The molecule has 0 bridgehead atoms. The van der Waals surface area contributed by atoms with E-state index >= 15 is 0 Å². The van der Waals surface area contributed by atoms with E-state index in [4.69, 9.17) is 4.74 Å². The molecule has 0 saturated heterocycles. The first-order valence-corrected chi connectivity index (χ1v) is 7.36. The fourth-order valence-electron chi connectivity index (χ4n) is 1.90. The van der Waals surface area contributed by atoms with Gasteiger partial charge in [0.05, 0.1) is 12.3 Å². The predicted octanol–water partition coefficient (Wildman–Crippen LogP) is 3.02. The van der Waals surface area contributed by atoms with Crippen LogP contribution < -0.4 is 5.32 Å². The number of amides is 1. The number of nitrogens with zero attached hydrogens (tertiary/aromatic N) is 1. The number of rotatable bonds is 5. The van der Waals surface area contributed by atoms with E-state index in [-0.39, 0.29) is 17.8 Å². The third kappa shape index (κ3) is 3.86. The van der Waals surface area contributed by atoms with E-state index < -0.39 is 0 Å². The van der Waals surface area contributed by atoms with Gasteiger partial charge < -0.3 is 10.1 Å². The lowest BCUT2D eigenvalue weighted by Crippen LogP contribution is -2.35. The minimum absolute atomic E-state index is 0.0710. The highest BCUT2D eigenvalue weighted by atomic mass is 32.1. The summed E-state index contributed by atoms with van der Waals surface area (Å²) in [6.45, 7) is 4.12. The van der Waals surface area contributed by atoms with E-state index in [2.05, 4.69) is 10.3 Å². The highest BCUT2D eigenvalue weighted by Crippen LogP contribution is 2.28. The van der Waals surface area contributed by atoms with Gasteiger partial charge in [0, 0.05) is 18.7 Å². The van der Waals surface area contributed by atoms with Crippen LogP contribution in [-0.2, 0) is 4.74 Å². The number of carbonyl (C=O) groups excluding carboxylic acids is 1. The molecule has 0 aliphatic rings. The van der Waals surface area contributed by atoms with Crippen molar-refractivity contribution in [3.05, 3.63) is 40.7 Å². The standard InChI is InChI=1S/C15H17FN2O2S/c1-9(8-20-3)17-14(19)13-10(2)18-15(21-13)11-4-6-12(16)7-5-11/h4-7,9H,8H2,1-3H3,(H,17,19)/t9-/m0/s1. The Labute approximate surface area is 127 Å². The van der Waals surface area contributed by atoms with Gasteiger partial charge in [0.25, 0.3) is 5.91 Å². The molecule has 0 saturated carbocycles. The fraction of sp³-hybridized carbons (Fsp3) is 0.333. The first-order chi connectivity index (χ1) is 10.0. The van der Waals surface area contributed by atoms with Gasteiger partial charge in [0.1, 0.15) is 15.7 Å². The highest BCUT2D eigenvalue weighted by Gasteiger charge is 2.17. The molecule has 1 aromatic carbocycles. The van der Waals surface area contributed by atoms with Crippen molar-refractivity contribution in [1.29, 1.82) is 0 Å². The van der Waals surface area contributed by atoms with Crippen molar-refractivity contribution in [2.24, 2.45) is 0 Å². The number of halogens is 1. The van der Waals surface area contributed by atoms with E-state index in [0.717, 1.165) is 5.56 Å². The Morgan fingerprint density at radius 1 is 1.43 bits per heavy atom. The van der Waals surface area contributed by atoms with Crippen LogP contribution in [-0.4, -0.2) is 30.6 Å². The molecule has 1 aromatic heterocycles. The molecule has 1 heterocycles. The first kappa shape index (κ1) is 15.6. The molecule has 4 nitrogen and oxygen atoms in total. The molecule has 1 N–H and O–H groups in total. The predicted molar refractivity (Wildman–Crippen MR) is 81.0 cm³/mol. The van der Waals surface area contributed by atoms with Gasteiger partial charge in [-0.05, 0) is 38.1 Å². The summed E-state index contributed by atoms with van der Waals surface area (Å²) in [7, 11) is 1.59. The molecular formula is C15H17FN2O2S. The summed E-state index contributed by atoms with van der Waals surface area (Å²) in [6, 6.07) is 6.00. The van der Waals surface area contributed by atoms with Crippen LogP contribution in [0.2, 0.25) is 0 Å². The minimum Gasteiger partial charge on any atom is -0.383 e. The summed E-state index contributed by atoms with van der Waals surface area (Å²) in [4.78, 5) is 17.1. The fourth-order valence-corrected chi connectivity index (χ4v) is 2.88. The van der Waals surface area contributed by atoms with Crippen LogP contribution in [0.1, 0.15) is 22.3 Å². The lowest BCUT2D eigenvalue weighted by molar-refractivity contribution is 0.0909. The molecule has 21 heavy (non-hydrogen) atoms. The quantitative estimate of drug-likeness (QED) is 0.923. The number of ether oxygens (including phenoxy) is 1. The number of hydrogen-bond acceptors (Lipinski definition) is 4. The number of benzene rings is 1. The topological polar surface area (TPSA) is 51.2 Å². The maximum Gasteiger partial charge on any atom is 0.263 e. The summed E-state index contributed by atoms with van der Waals surface area (Å²) in [6.07, 6.45) is 0. The van der Waals surface area contributed by atoms with Gasteiger partial charge in [-0.15, -0.1) is 11.3 Å². The smallest absolute Gasteiger partial charge is 0.263 e. The van der Waals surface area contributed by atoms with Crippen molar-refractivity contribution in [2.45, 2.75) is 19.9 Å². The molecule has 0 unspecified atom stereocenters. The third-order valence-corrected chi connectivity index (χ3v) is 4.09. The van der Waals surface area contributed by atoms with Crippen LogP contribution in [0.3, 0.4) is 0 Å². The van der Waals surface area contributed by atoms with Crippen molar-refractivity contribution in [3.63, 3.8) is 0 Å². The third-order valence-electron chi connectivity index (χ3n) is 2.89. The molecule has 1 atom stereocenters. The number of aryl methyl sites for hydroxylation is 1. The van der Waals surface area contributed by atoms with Gasteiger partial charge in [0.15, 0.2) is 0 Å². The Morgan fingerprint density at radius 2 is 2.10 bits per heavy atom. The molecule has 112 valence electrons. The zero-order valence-corrected chi connectivity index (χ0v) is 13.0. The molecule has 6 heteroatoms. The van der Waals surface area contributed by atoms with Crippen LogP contribution >= 0.6 is 11.3 Å². The summed E-state index contributed by atoms with van der Waals surface area (Å²) < 4.78 is 17.9. The number of thiazole rings is 1. The van der Waals surface area contributed by atoms with Crippen LogP contribution in [0.15, 0.2) is 24.3 Å². The molecule has 0 spiro atoms. The van der Waals surface area contributed by atoms with Crippen LogP contribution in [0.5, 0.6) is 0 Å². The molecule has 2 aromatic rings. The van der Waals surface area contributed by atoms with Gasteiger partial charge >= 0.3 is 0 Å². The van der Waals surface area contributed by atoms with Crippen LogP contribution in [0.4, 0.5) is 4.39 Å². The second-order valence-corrected chi connectivity index (χ2v) is 5.77. The summed E-state index contributed by atoms with van der Waals surface area (Å²) >= 11 is 1.30. The van der Waals surface area contributed by atoms with Crippen molar-refractivity contribution >= 4 is 17.2 Å². The largest absolute Gasteiger partial charge is 0.383 e. The normalized spacial score (nSPS) is 12.2. The SMILES string of the molecule is COC[C@H](C)NC(=O)c1sc(-c2ccc(F)cc2)nc1C. The molecule has 0 aliphatic carbocycles. The Kier molecular flexibility index (Phi) is 5.03. The average Bonchev–Trinajstić information content (AvgIpc) is 2.82. The molecule has 0 aliphatic heterocycles. The Balaban J connectivity index is 2.19. The Morgan fingerprint density at radius 3 is 2.71 bits per heavy atom. The lowest BCUT2D eigenvalue weighted by atomic mass is 10.2. The molecule has 2 rings (SSSR count). The zero-order chi connectivity index (χ0) is 15.4. The van der Waals surface area contributed by atoms with Crippen LogP contribution in [0.25, 0.3) is 10.6 Å². The van der Waals surface area contributed by atoms with Gasteiger partial charge in [-0.25, -0.2) is 9.37 Å². The summed E-state index contributed by atoms with van der Waals surface area (Å²) in [5.41, 5.74) is 1.47. The summed E-state index contributed by atoms with van der Waals surface area (Å²) in [5, 5.41) is 3.56. The Hall–Kier alpha value is -1.79. The van der Waals surface area contributed by atoms with E-state index in [1.54, 1.807) is 26.2 Å². The van der Waals surface area contributed by atoms with E-state index in [1.807, 2.05) is 6.92 Å². The number of aromatic nitrogens is 1. The number of nitrogens with one attached hydrogen (secondary N) is 1. The van der Waals surface area contributed by atoms with Crippen molar-refractivity contribution < 1.29 is 13.9 Å². The second kappa shape index (κ2) is 6.78. The zero-order valence-electron chi connectivity index (χ0n) is 12.1. The van der Waals surface area contributed by atoms with E-state index in [9.17, 15) is 9.18 Å². The minimum atomic E-state index is -0.293. The van der Waals surface area contributed by atoms with Crippen molar-refractivity contribution in [2.75, 3.05) is 13.7 Å². The molecular weight excluding hydrogens is 291 g/mol. The van der Waals surface area contributed by atoms with Gasteiger partial charge in [-0.3, -0.25) is 4.79 Å². The molecule has 1 amide bonds. The first-order valence-electron chi connectivity index (χ1n) is 6.54. The summed E-state index contributed by atoms with van der Waals surface area (Å²) in [5.74, 6) is -0.457. The van der Waals surface area contributed by atoms with Crippen molar-refractivity contribution in [3.8, 4) is 10.6 Å². The van der Waals surface area contributed by atoms with Crippen molar-refractivity contribution in [1.82, 2.24) is 10.3 Å². The molecule has 0 fully saturated rings.